The van der Waals surface area contributed by atoms with Crippen molar-refractivity contribution in [3.05, 3.63) is 35.8 Å². The molecule has 2 amide bonds. The van der Waals surface area contributed by atoms with Crippen LogP contribution in [0.25, 0.3) is 10.9 Å². The van der Waals surface area contributed by atoms with Crippen LogP contribution < -0.4 is 10.6 Å². The molecule has 1 saturated carbocycles. The first-order valence-electron chi connectivity index (χ1n) is 8.77. The van der Waals surface area contributed by atoms with Gasteiger partial charge < -0.3 is 15.6 Å². The van der Waals surface area contributed by atoms with Gasteiger partial charge in [0, 0.05) is 35.1 Å². The van der Waals surface area contributed by atoms with E-state index >= 15 is 0 Å². The van der Waals surface area contributed by atoms with Crippen LogP contribution >= 0.6 is 0 Å². The summed E-state index contributed by atoms with van der Waals surface area (Å²) in [5.41, 5.74) is 1.62. The minimum Gasteiger partial charge on any atom is -0.361 e. The minimum atomic E-state index is -0.296. The highest BCUT2D eigenvalue weighted by Gasteiger charge is 2.25. The molecular formula is C19H26FN3O. The van der Waals surface area contributed by atoms with Gasteiger partial charge in [0.2, 0.25) is 0 Å². The van der Waals surface area contributed by atoms with E-state index < -0.39 is 0 Å². The molecule has 24 heavy (non-hydrogen) atoms. The second-order valence-electron chi connectivity index (χ2n) is 7.44. The summed E-state index contributed by atoms with van der Waals surface area (Å²) in [7, 11) is 0. The van der Waals surface area contributed by atoms with E-state index in [0.717, 1.165) is 29.3 Å². The molecule has 1 aromatic heterocycles. The van der Waals surface area contributed by atoms with E-state index in [1.54, 1.807) is 12.1 Å². The first-order valence-corrected chi connectivity index (χ1v) is 8.77. The van der Waals surface area contributed by atoms with Crippen LogP contribution in [0.4, 0.5) is 9.18 Å². The largest absolute Gasteiger partial charge is 0.361 e. The Balaban J connectivity index is 1.64. The fourth-order valence-electron chi connectivity index (χ4n) is 3.53. The number of rotatable bonds is 4. The maximum Gasteiger partial charge on any atom is 0.315 e. The monoisotopic (exact) mass is 331 g/mol. The van der Waals surface area contributed by atoms with Gasteiger partial charge in [-0.1, -0.05) is 33.1 Å². The zero-order chi connectivity index (χ0) is 17.2. The van der Waals surface area contributed by atoms with E-state index in [1.807, 2.05) is 6.20 Å². The van der Waals surface area contributed by atoms with Gasteiger partial charge >= 0.3 is 6.03 Å². The van der Waals surface area contributed by atoms with E-state index in [-0.39, 0.29) is 17.3 Å². The lowest BCUT2D eigenvalue weighted by Gasteiger charge is -2.27. The van der Waals surface area contributed by atoms with Crippen molar-refractivity contribution in [2.75, 3.05) is 6.54 Å². The molecule has 1 aromatic carbocycles. The standard InChI is InChI=1S/C19H26FN3O/c1-19(2,12-22-18(24)23-14-6-4-3-5-7-14)16-11-21-17-9-8-13(20)10-15(16)17/h8-11,14,21H,3-7,12H2,1-2H3,(H2,22,23,24). The lowest BCUT2D eigenvalue weighted by atomic mass is 9.84. The molecule has 0 aliphatic heterocycles. The Hall–Kier alpha value is -2.04. The molecule has 0 atom stereocenters. The number of amides is 2. The van der Waals surface area contributed by atoms with E-state index in [1.165, 1.54) is 25.3 Å². The number of aromatic nitrogens is 1. The second kappa shape index (κ2) is 6.83. The Bertz CT molecular complexity index is 716. The maximum absolute atomic E-state index is 13.6. The smallest absolute Gasteiger partial charge is 0.315 e. The highest BCUT2D eigenvalue weighted by Crippen LogP contribution is 2.30. The number of urea groups is 1. The molecule has 0 unspecified atom stereocenters. The van der Waals surface area contributed by atoms with Crippen LogP contribution in [0.2, 0.25) is 0 Å². The fourth-order valence-corrected chi connectivity index (χ4v) is 3.53. The quantitative estimate of drug-likeness (QED) is 0.772. The van der Waals surface area contributed by atoms with Gasteiger partial charge in [0.1, 0.15) is 5.82 Å². The summed E-state index contributed by atoms with van der Waals surface area (Å²) in [4.78, 5) is 15.3. The lowest BCUT2D eigenvalue weighted by Crippen LogP contribution is -2.46. The van der Waals surface area contributed by atoms with Crippen molar-refractivity contribution in [3.8, 4) is 0 Å². The van der Waals surface area contributed by atoms with Crippen molar-refractivity contribution in [1.29, 1.82) is 0 Å². The Morgan fingerprint density at radius 2 is 2.04 bits per heavy atom. The summed E-state index contributed by atoms with van der Waals surface area (Å²) in [5, 5.41) is 6.92. The summed E-state index contributed by atoms with van der Waals surface area (Å²) in [6, 6.07) is 4.93. The topological polar surface area (TPSA) is 56.9 Å². The fraction of sp³-hybridized carbons (Fsp3) is 0.526. The van der Waals surface area contributed by atoms with E-state index in [4.69, 9.17) is 0 Å². The number of aromatic amines is 1. The third-order valence-electron chi connectivity index (χ3n) is 5.00. The summed E-state index contributed by atoms with van der Waals surface area (Å²) in [6.45, 7) is 4.61. The van der Waals surface area contributed by atoms with E-state index in [9.17, 15) is 9.18 Å². The molecule has 2 aromatic rings. The number of benzene rings is 1. The first kappa shape index (κ1) is 16.8. The number of carbonyl (C=O) groups is 1. The lowest BCUT2D eigenvalue weighted by molar-refractivity contribution is 0.230. The highest BCUT2D eigenvalue weighted by atomic mass is 19.1. The maximum atomic E-state index is 13.6. The van der Waals surface area contributed by atoms with Gasteiger partial charge in [-0.2, -0.15) is 0 Å². The van der Waals surface area contributed by atoms with Crippen LogP contribution in [-0.2, 0) is 5.41 Å². The molecule has 1 aliphatic carbocycles. The second-order valence-corrected chi connectivity index (χ2v) is 7.44. The number of H-pyrrole nitrogens is 1. The molecule has 5 heteroatoms. The van der Waals surface area contributed by atoms with Crippen molar-refractivity contribution < 1.29 is 9.18 Å². The van der Waals surface area contributed by atoms with Crippen LogP contribution in [-0.4, -0.2) is 23.6 Å². The third-order valence-corrected chi connectivity index (χ3v) is 5.00. The molecule has 0 radical (unpaired) electrons. The molecule has 4 nitrogen and oxygen atoms in total. The van der Waals surface area contributed by atoms with Crippen molar-refractivity contribution in [1.82, 2.24) is 15.6 Å². The number of fused-ring (bicyclic) bond motifs is 1. The summed E-state index contributed by atoms with van der Waals surface area (Å²) < 4.78 is 13.6. The van der Waals surface area contributed by atoms with Gasteiger partial charge in [-0.25, -0.2) is 9.18 Å². The van der Waals surface area contributed by atoms with Gasteiger partial charge in [-0.05, 0) is 36.6 Å². The molecule has 130 valence electrons. The zero-order valence-electron chi connectivity index (χ0n) is 14.4. The number of hydrogen-bond acceptors (Lipinski definition) is 1. The van der Waals surface area contributed by atoms with Gasteiger partial charge in [0.25, 0.3) is 0 Å². The van der Waals surface area contributed by atoms with Crippen LogP contribution in [0.3, 0.4) is 0 Å². The number of carbonyl (C=O) groups excluding carboxylic acids is 1. The molecule has 0 saturated heterocycles. The molecule has 1 heterocycles. The molecule has 0 spiro atoms. The van der Waals surface area contributed by atoms with Gasteiger partial charge in [-0.3, -0.25) is 0 Å². The van der Waals surface area contributed by atoms with Gasteiger partial charge in [-0.15, -0.1) is 0 Å². The zero-order valence-corrected chi connectivity index (χ0v) is 14.4. The van der Waals surface area contributed by atoms with E-state index in [0.29, 0.717) is 12.6 Å². The molecule has 3 rings (SSSR count). The number of nitrogens with one attached hydrogen (secondary N) is 3. The summed E-state index contributed by atoms with van der Waals surface area (Å²) in [6.07, 6.45) is 7.69. The van der Waals surface area contributed by atoms with Crippen molar-refractivity contribution >= 4 is 16.9 Å². The third kappa shape index (κ3) is 3.71. The Morgan fingerprint density at radius 1 is 1.29 bits per heavy atom. The Kier molecular flexibility index (Phi) is 4.78. The van der Waals surface area contributed by atoms with Gasteiger partial charge in [0.05, 0.1) is 0 Å². The van der Waals surface area contributed by atoms with Crippen LogP contribution in [0, 0.1) is 5.82 Å². The SMILES string of the molecule is CC(C)(CNC(=O)NC1CCCCC1)c1c[nH]c2ccc(F)cc12. The van der Waals surface area contributed by atoms with Crippen LogP contribution in [0.1, 0.15) is 51.5 Å². The molecule has 1 fully saturated rings. The van der Waals surface area contributed by atoms with Crippen molar-refractivity contribution in [3.63, 3.8) is 0 Å². The molecule has 1 aliphatic rings. The normalized spacial score (nSPS) is 16.3. The molecule has 3 N–H and O–H groups in total. The predicted octanol–water partition coefficient (Wildman–Crippen LogP) is 4.22. The highest BCUT2D eigenvalue weighted by molar-refractivity contribution is 5.84. The predicted molar refractivity (Wildman–Crippen MR) is 94.7 cm³/mol. The average Bonchev–Trinajstić information content (AvgIpc) is 2.98. The first-order chi connectivity index (χ1) is 11.5. The number of halogens is 1. The summed E-state index contributed by atoms with van der Waals surface area (Å²) in [5.74, 6) is -0.248. The average molecular weight is 331 g/mol. The minimum absolute atomic E-state index is 0.110. The van der Waals surface area contributed by atoms with Crippen LogP contribution in [0.15, 0.2) is 24.4 Å². The van der Waals surface area contributed by atoms with E-state index in [2.05, 4.69) is 29.5 Å². The number of hydrogen-bond donors (Lipinski definition) is 3. The Morgan fingerprint density at radius 3 is 2.79 bits per heavy atom. The summed E-state index contributed by atoms with van der Waals surface area (Å²) >= 11 is 0. The Labute approximate surface area is 142 Å². The van der Waals surface area contributed by atoms with Crippen LogP contribution in [0.5, 0.6) is 0 Å². The van der Waals surface area contributed by atoms with Crippen molar-refractivity contribution in [2.45, 2.75) is 57.4 Å². The van der Waals surface area contributed by atoms with Gasteiger partial charge in [0.15, 0.2) is 0 Å². The molecular weight excluding hydrogens is 305 g/mol. The van der Waals surface area contributed by atoms with Crippen molar-refractivity contribution in [2.24, 2.45) is 0 Å². The molecule has 0 bridgehead atoms.